The molecule has 0 saturated carbocycles. The van der Waals surface area contributed by atoms with E-state index < -0.39 is 11.3 Å². The van der Waals surface area contributed by atoms with Crippen LogP contribution in [-0.4, -0.2) is 71.3 Å². The zero-order chi connectivity index (χ0) is 17.4. The Labute approximate surface area is 140 Å². The Morgan fingerprint density at radius 2 is 2.17 bits per heavy atom. The summed E-state index contributed by atoms with van der Waals surface area (Å²) in [6.45, 7) is 1.87. The number of rotatable bonds is 5. The Balaban J connectivity index is 1.74. The summed E-state index contributed by atoms with van der Waals surface area (Å²) in [6.07, 6.45) is 3.63. The van der Waals surface area contributed by atoms with Gasteiger partial charge in [0.1, 0.15) is 0 Å². The van der Waals surface area contributed by atoms with E-state index in [0.29, 0.717) is 39.2 Å². The van der Waals surface area contributed by atoms with E-state index in [2.05, 4.69) is 5.10 Å². The highest BCUT2D eigenvalue weighted by molar-refractivity contribution is 5.85. The molecule has 2 aliphatic heterocycles. The fourth-order valence-corrected chi connectivity index (χ4v) is 3.96. The fraction of sp³-hybridized carbons (Fsp3) is 0.750. The van der Waals surface area contributed by atoms with Gasteiger partial charge in [0, 0.05) is 58.5 Å². The molecule has 2 saturated heterocycles. The topological polar surface area (TPSA) is 50.6 Å². The minimum atomic E-state index is -2.85. The maximum absolute atomic E-state index is 14.4. The quantitative estimate of drug-likeness (QED) is 0.805. The van der Waals surface area contributed by atoms with Crippen LogP contribution in [0.15, 0.2) is 12.4 Å². The van der Waals surface area contributed by atoms with Gasteiger partial charge in [0.15, 0.2) is 0 Å². The molecule has 0 N–H and O–H groups in total. The zero-order valence-corrected chi connectivity index (χ0v) is 14.2. The van der Waals surface area contributed by atoms with Gasteiger partial charge in [-0.15, -0.1) is 0 Å². The Bertz CT molecular complexity index is 607. The van der Waals surface area contributed by atoms with E-state index in [1.807, 2.05) is 6.20 Å². The normalized spacial score (nSPS) is 27.3. The number of hydrogen-bond acceptors (Lipinski definition) is 4. The van der Waals surface area contributed by atoms with Gasteiger partial charge in [-0.05, 0) is 6.42 Å². The number of carbonyl (C=O) groups is 1. The van der Waals surface area contributed by atoms with Gasteiger partial charge in [0.05, 0.1) is 24.8 Å². The van der Waals surface area contributed by atoms with Crippen molar-refractivity contribution in [2.45, 2.75) is 25.3 Å². The Kier molecular flexibility index (Phi) is 4.61. The molecule has 0 aliphatic carbocycles. The smallest absolute Gasteiger partial charge is 0.261 e. The van der Waals surface area contributed by atoms with Crippen molar-refractivity contribution < 1.29 is 18.3 Å². The van der Waals surface area contributed by atoms with E-state index in [9.17, 15) is 13.6 Å². The summed E-state index contributed by atoms with van der Waals surface area (Å²) in [7, 11) is 3.37. The highest BCUT2D eigenvalue weighted by Crippen LogP contribution is 2.45. The zero-order valence-electron chi connectivity index (χ0n) is 14.2. The molecule has 6 nitrogen and oxygen atoms in total. The molecular weight excluding hydrogens is 318 g/mol. The lowest BCUT2D eigenvalue weighted by Gasteiger charge is -2.42. The second-order valence-corrected chi connectivity index (χ2v) is 7.02. The van der Waals surface area contributed by atoms with Gasteiger partial charge in [-0.25, -0.2) is 8.78 Å². The van der Waals surface area contributed by atoms with Gasteiger partial charge in [-0.3, -0.25) is 14.4 Å². The third-order valence-corrected chi connectivity index (χ3v) is 4.91. The van der Waals surface area contributed by atoms with Crippen LogP contribution < -0.4 is 0 Å². The molecular formula is C16H24F2N4O2. The average Bonchev–Trinajstić information content (AvgIpc) is 3.01. The highest BCUT2D eigenvalue weighted by Gasteiger charge is 2.56. The minimum Gasteiger partial charge on any atom is -0.383 e. The van der Waals surface area contributed by atoms with Crippen LogP contribution in [0, 0.1) is 5.41 Å². The Morgan fingerprint density at radius 3 is 2.83 bits per heavy atom. The van der Waals surface area contributed by atoms with Crippen molar-refractivity contribution in [3.05, 3.63) is 18.0 Å². The molecule has 0 radical (unpaired) electrons. The van der Waals surface area contributed by atoms with E-state index in [0.717, 1.165) is 5.56 Å². The first-order valence-electron chi connectivity index (χ1n) is 8.20. The summed E-state index contributed by atoms with van der Waals surface area (Å²) < 4.78 is 35.4. The van der Waals surface area contributed by atoms with Crippen molar-refractivity contribution >= 4 is 5.91 Å². The first-order valence-corrected chi connectivity index (χ1v) is 8.20. The van der Waals surface area contributed by atoms with Gasteiger partial charge >= 0.3 is 0 Å². The van der Waals surface area contributed by atoms with Crippen molar-refractivity contribution in [1.29, 1.82) is 0 Å². The molecule has 1 spiro atoms. The van der Waals surface area contributed by atoms with Crippen LogP contribution in [0.4, 0.5) is 8.78 Å². The number of halogens is 2. The van der Waals surface area contributed by atoms with Crippen molar-refractivity contribution in [2.24, 2.45) is 12.5 Å². The number of alkyl halides is 2. The molecule has 3 heterocycles. The van der Waals surface area contributed by atoms with E-state index in [1.165, 1.54) is 0 Å². The van der Waals surface area contributed by atoms with Crippen LogP contribution in [0.25, 0.3) is 0 Å². The molecule has 24 heavy (non-hydrogen) atoms. The molecule has 3 rings (SSSR count). The summed E-state index contributed by atoms with van der Waals surface area (Å²) in [5, 5.41) is 4.08. The predicted molar refractivity (Wildman–Crippen MR) is 83.6 cm³/mol. The lowest BCUT2D eigenvalue weighted by Crippen LogP contribution is -2.55. The van der Waals surface area contributed by atoms with Gasteiger partial charge in [-0.2, -0.15) is 5.10 Å². The molecule has 2 fully saturated rings. The molecule has 1 aromatic rings. The third-order valence-electron chi connectivity index (χ3n) is 4.91. The molecule has 8 heteroatoms. The standard InChI is InChI=1S/C16H24F2N4O2/c1-20-8-13(7-19-20)9-21-11-15(10-16(17,18)12-21)3-4-22(14(15)23)5-6-24-2/h7-8H,3-6,9-12H2,1-2H3/t15-/m1/s1. The minimum absolute atomic E-state index is 0.157. The van der Waals surface area contributed by atoms with Crippen molar-refractivity contribution in [2.75, 3.05) is 39.9 Å². The van der Waals surface area contributed by atoms with Gasteiger partial charge in [0.25, 0.3) is 5.92 Å². The van der Waals surface area contributed by atoms with Crippen LogP contribution in [0.3, 0.4) is 0 Å². The molecule has 1 atom stereocenters. The molecule has 0 unspecified atom stereocenters. The first-order chi connectivity index (χ1) is 11.3. The number of methoxy groups -OCH3 is 1. The lowest BCUT2D eigenvalue weighted by molar-refractivity contribution is -0.155. The number of ether oxygens (including phenoxy) is 1. The number of amides is 1. The summed E-state index contributed by atoms with van der Waals surface area (Å²) >= 11 is 0. The molecule has 1 amide bonds. The molecule has 0 bridgehead atoms. The van der Waals surface area contributed by atoms with Gasteiger partial charge in [0.2, 0.25) is 5.91 Å². The average molecular weight is 342 g/mol. The third kappa shape index (κ3) is 3.44. The van der Waals surface area contributed by atoms with Gasteiger partial charge < -0.3 is 9.64 Å². The van der Waals surface area contributed by atoms with E-state index in [-0.39, 0.29) is 18.9 Å². The second-order valence-electron chi connectivity index (χ2n) is 7.02. The van der Waals surface area contributed by atoms with Crippen LogP contribution in [-0.2, 0) is 23.1 Å². The Morgan fingerprint density at radius 1 is 1.38 bits per heavy atom. The van der Waals surface area contributed by atoms with Crippen LogP contribution in [0.5, 0.6) is 0 Å². The first kappa shape index (κ1) is 17.3. The van der Waals surface area contributed by atoms with Gasteiger partial charge in [-0.1, -0.05) is 0 Å². The van der Waals surface area contributed by atoms with E-state index in [4.69, 9.17) is 4.74 Å². The van der Waals surface area contributed by atoms with E-state index in [1.54, 1.807) is 34.8 Å². The van der Waals surface area contributed by atoms with E-state index >= 15 is 0 Å². The summed E-state index contributed by atoms with van der Waals surface area (Å²) in [5.41, 5.74) is -0.0930. The van der Waals surface area contributed by atoms with Crippen LogP contribution in [0.2, 0.25) is 0 Å². The number of aromatic nitrogens is 2. The molecule has 2 aliphatic rings. The summed E-state index contributed by atoms with van der Waals surface area (Å²) in [4.78, 5) is 16.1. The van der Waals surface area contributed by atoms with Crippen LogP contribution in [0.1, 0.15) is 18.4 Å². The number of hydrogen-bond donors (Lipinski definition) is 0. The largest absolute Gasteiger partial charge is 0.383 e. The van der Waals surface area contributed by atoms with Crippen molar-refractivity contribution in [3.8, 4) is 0 Å². The molecule has 134 valence electrons. The number of aryl methyl sites for hydroxylation is 1. The SMILES string of the molecule is COCCN1CC[C@@]2(CN(Cc3cnn(C)c3)CC(F)(F)C2)C1=O. The Hall–Kier alpha value is -1.54. The summed E-state index contributed by atoms with van der Waals surface area (Å²) in [5.74, 6) is -3.01. The second kappa shape index (κ2) is 6.40. The number of piperidine rings is 1. The molecule has 0 aromatic carbocycles. The monoisotopic (exact) mass is 342 g/mol. The number of likely N-dealkylation sites (tertiary alicyclic amines) is 2. The maximum Gasteiger partial charge on any atom is 0.261 e. The highest BCUT2D eigenvalue weighted by atomic mass is 19.3. The predicted octanol–water partition coefficient (Wildman–Crippen LogP) is 1.13. The maximum atomic E-state index is 14.4. The number of carbonyl (C=O) groups excluding carboxylic acids is 1. The van der Waals surface area contributed by atoms with Crippen molar-refractivity contribution in [1.82, 2.24) is 19.6 Å². The number of nitrogens with zero attached hydrogens (tertiary/aromatic N) is 4. The summed E-state index contributed by atoms with van der Waals surface area (Å²) in [6, 6.07) is 0. The molecule has 1 aromatic heterocycles. The van der Waals surface area contributed by atoms with Crippen molar-refractivity contribution in [3.63, 3.8) is 0 Å². The fourth-order valence-electron chi connectivity index (χ4n) is 3.96. The van der Waals surface area contributed by atoms with Crippen LogP contribution >= 0.6 is 0 Å². The lowest BCUT2D eigenvalue weighted by atomic mass is 9.77.